The highest BCUT2D eigenvalue weighted by Gasteiger charge is 2.19. The van der Waals surface area contributed by atoms with E-state index in [1.807, 2.05) is 0 Å². The van der Waals surface area contributed by atoms with E-state index < -0.39 is 17.6 Å². The van der Waals surface area contributed by atoms with E-state index in [2.05, 4.69) is 26.0 Å². The van der Waals surface area contributed by atoms with Gasteiger partial charge in [-0.3, -0.25) is 4.79 Å². The molecule has 5 aromatic rings. The van der Waals surface area contributed by atoms with Gasteiger partial charge in [-0.2, -0.15) is 9.78 Å². The number of carbonyl (C=O) groups is 1. The maximum Gasteiger partial charge on any atom is 0.344 e. The quantitative estimate of drug-likeness (QED) is 0.220. The standard InChI is InChI=1S/C26H16BrCl2N3O5/c1-13(26(34)35)36-23-18(27)8-14(9-19(23)29)12-30-32-24(31-20-5-3-2-4-17(20)25(32)33)22-11-15-10-16(28)6-7-21(15)37-22/h2-13H,1H3,(H,34,35)/t13-/m0/s1. The van der Waals surface area contributed by atoms with Crippen LogP contribution in [0.15, 0.2) is 79.4 Å². The molecule has 8 nitrogen and oxygen atoms in total. The summed E-state index contributed by atoms with van der Waals surface area (Å²) < 4.78 is 13.0. The van der Waals surface area contributed by atoms with Gasteiger partial charge in [-0.1, -0.05) is 35.3 Å². The van der Waals surface area contributed by atoms with Crippen LogP contribution in [0.25, 0.3) is 33.5 Å². The number of aromatic nitrogens is 2. The molecule has 0 unspecified atom stereocenters. The number of hydrogen-bond donors (Lipinski definition) is 1. The highest BCUT2D eigenvalue weighted by atomic mass is 79.9. The van der Waals surface area contributed by atoms with Gasteiger partial charge in [0.1, 0.15) is 5.58 Å². The van der Waals surface area contributed by atoms with Crippen LogP contribution in [0, 0.1) is 0 Å². The summed E-state index contributed by atoms with van der Waals surface area (Å²) in [6, 6.07) is 17.1. The molecule has 0 bridgehead atoms. The number of carboxylic acid groups (broad SMARTS) is 1. The number of benzene rings is 3. The van der Waals surface area contributed by atoms with Crippen LogP contribution < -0.4 is 10.3 Å². The van der Waals surface area contributed by atoms with Crippen LogP contribution in [0.4, 0.5) is 0 Å². The molecular weight excluding hydrogens is 585 g/mol. The van der Waals surface area contributed by atoms with E-state index in [9.17, 15) is 9.59 Å². The SMILES string of the molecule is C[C@H](Oc1c(Cl)cc(C=Nn2c(-c3cc4cc(Cl)ccc4o3)nc3ccccc3c2=O)cc1Br)C(=O)O. The molecule has 0 saturated carbocycles. The van der Waals surface area contributed by atoms with Crippen LogP contribution >= 0.6 is 39.1 Å². The van der Waals surface area contributed by atoms with Gasteiger partial charge in [0.2, 0.25) is 5.82 Å². The molecule has 3 aromatic carbocycles. The third kappa shape index (κ3) is 4.98. The summed E-state index contributed by atoms with van der Waals surface area (Å²) in [5, 5.41) is 15.4. The molecule has 0 amide bonds. The second-order valence-electron chi connectivity index (χ2n) is 8.02. The lowest BCUT2D eigenvalue weighted by molar-refractivity contribution is -0.144. The van der Waals surface area contributed by atoms with Crippen LogP contribution in [0.1, 0.15) is 12.5 Å². The van der Waals surface area contributed by atoms with Gasteiger partial charge in [-0.05, 0) is 76.9 Å². The Morgan fingerprint density at radius 1 is 1.19 bits per heavy atom. The summed E-state index contributed by atoms with van der Waals surface area (Å²) in [6.45, 7) is 1.40. The molecule has 1 N–H and O–H groups in total. The Labute approximate surface area is 227 Å². The van der Waals surface area contributed by atoms with Crippen LogP contribution in [0.2, 0.25) is 10.0 Å². The van der Waals surface area contributed by atoms with E-state index in [0.717, 1.165) is 10.1 Å². The monoisotopic (exact) mass is 599 g/mol. The van der Waals surface area contributed by atoms with Crippen LogP contribution in [0.5, 0.6) is 5.75 Å². The average molecular weight is 601 g/mol. The Kier molecular flexibility index (Phi) is 6.76. The fraction of sp³-hybridized carbons (Fsp3) is 0.0769. The lowest BCUT2D eigenvalue weighted by Crippen LogP contribution is -2.23. The Morgan fingerprint density at radius 3 is 2.73 bits per heavy atom. The maximum atomic E-state index is 13.4. The number of para-hydroxylation sites is 1. The zero-order valence-electron chi connectivity index (χ0n) is 19.0. The normalized spacial score (nSPS) is 12.4. The first-order chi connectivity index (χ1) is 17.7. The Morgan fingerprint density at radius 2 is 1.97 bits per heavy atom. The summed E-state index contributed by atoms with van der Waals surface area (Å²) in [7, 11) is 0. The van der Waals surface area contributed by atoms with Gasteiger partial charge in [0.05, 0.1) is 26.6 Å². The van der Waals surface area contributed by atoms with E-state index >= 15 is 0 Å². The Hall–Kier alpha value is -3.66. The molecule has 0 aliphatic rings. The predicted octanol–water partition coefficient (Wildman–Crippen LogP) is 6.61. The number of hydrogen-bond acceptors (Lipinski definition) is 6. The van der Waals surface area contributed by atoms with E-state index in [1.54, 1.807) is 60.7 Å². The van der Waals surface area contributed by atoms with Gasteiger partial charge in [0.25, 0.3) is 5.56 Å². The number of rotatable bonds is 6. The van der Waals surface area contributed by atoms with E-state index in [1.165, 1.54) is 13.1 Å². The number of aliphatic carboxylic acids is 1. The van der Waals surface area contributed by atoms with Crippen molar-refractivity contribution in [2.75, 3.05) is 0 Å². The summed E-state index contributed by atoms with van der Waals surface area (Å²) in [5.41, 5.74) is 1.21. The third-order valence-electron chi connectivity index (χ3n) is 5.44. The molecule has 0 aliphatic carbocycles. The van der Waals surface area contributed by atoms with E-state index in [-0.39, 0.29) is 16.6 Å². The molecule has 2 aromatic heterocycles. The highest BCUT2D eigenvalue weighted by Crippen LogP contribution is 2.35. The van der Waals surface area contributed by atoms with Crippen molar-refractivity contribution in [1.82, 2.24) is 9.66 Å². The van der Waals surface area contributed by atoms with Crippen molar-refractivity contribution in [1.29, 1.82) is 0 Å². The summed E-state index contributed by atoms with van der Waals surface area (Å²) in [4.78, 5) is 29.2. The fourth-order valence-corrected chi connectivity index (χ4v) is 4.77. The van der Waals surface area contributed by atoms with Crippen molar-refractivity contribution in [3.63, 3.8) is 0 Å². The molecule has 5 rings (SSSR count). The second-order valence-corrected chi connectivity index (χ2v) is 9.72. The zero-order chi connectivity index (χ0) is 26.3. The summed E-state index contributed by atoms with van der Waals surface area (Å²) >= 11 is 15.8. The van der Waals surface area contributed by atoms with Crippen molar-refractivity contribution in [2.24, 2.45) is 5.10 Å². The number of ether oxygens (including phenoxy) is 1. The fourth-order valence-electron chi connectivity index (χ4n) is 3.63. The minimum atomic E-state index is -1.13. The molecule has 2 heterocycles. The predicted molar refractivity (Wildman–Crippen MR) is 146 cm³/mol. The number of nitrogens with zero attached hydrogens (tertiary/aromatic N) is 3. The molecule has 0 spiro atoms. The first kappa shape index (κ1) is 25.0. The second kappa shape index (κ2) is 10.0. The van der Waals surface area contributed by atoms with Crippen molar-refractivity contribution < 1.29 is 19.1 Å². The van der Waals surface area contributed by atoms with Crippen molar-refractivity contribution in [2.45, 2.75) is 13.0 Å². The van der Waals surface area contributed by atoms with Crippen LogP contribution in [-0.2, 0) is 4.79 Å². The molecule has 11 heteroatoms. The Bertz CT molecular complexity index is 1760. The number of fused-ring (bicyclic) bond motifs is 2. The topological polar surface area (TPSA) is 107 Å². The first-order valence-corrected chi connectivity index (χ1v) is 12.4. The van der Waals surface area contributed by atoms with Crippen molar-refractivity contribution in [3.05, 3.63) is 91.1 Å². The Balaban J connectivity index is 1.62. The molecule has 0 aliphatic heterocycles. The first-order valence-electron chi connectivity index (χ1n) is 10.9. The highest BCUT2D eigenvalue weighted by molar-refractivity contribution is 9.10. The number of carboxylic acids is 1. The minimum absolute atomic E-state index is 0.169. The van der Waals surface area contributed by atoms with Gasteiger partial charge in [-0.15, -0.1) is 0 Å². The van der Waals surface area contributed by atoms with Gasteiger partial charge in [0, 0.05) is 10.4 Å². The number of halogens is 3. The largest absolute Gasteiger partial charge is 0.479 e. The third-order valence-corrected chi connectivity index (χ3v) is 6.54. The molecule has 0 fully saturated rings. The molecule has 0 saturated heterocycles. The van der Waals surface area contributed by atoms with Crippen LogP contribution in [-0.4, -0.2) is 33.1 Å². The lowest BCUT2D eigenvalue weighted by Gasteiger charge is -2.14. The van der Waals surface area contributed by atoms with Crippen LogP contribution in [0.3, 0.4) is 0 Å². The van der Waals surface area contributed by atoms with Gasteiger partial charge < -0.3 is 14.3 Å². The maximum absolute atomic E-state index is 13.4. The lowest BCUT2D eigenvalue weighted by atomic mass is 10.2. The zero-order valence-corrected chi connectivity index (χ0v) is 22.1. The van der Waals surface area contributed by atoms with Crippen molar-refractivity contribution in [3.8, 4) is 17.3 Å². The molecule has 0 radical (unpaired) electrons. The molecule has 186 valence electrons. The van der Waals surface area contributed by atoms with Crippen molar-refractivity contribution >= 4 is 73.2 Å². The van der Waals surface area contributed by atoms with E-state index in [4.69, 9.17) is 37.5 Å². The minimum Gasteiger partial charge on any atom is -0.479 e. The molecule has 1 atom stereocenters. The summed E-state index contributed by atoms with van der Waals surface area (Å²) in [5.74, 6) is -0.410. The van der Waals surface area contributed by atoms with Gasteiger partial charge >= 0.3 is 5.97 Å². The smallest absolute Gasteiger partial charge is 0.344 e. The molecule has 37 heavy (non-hydrogen) atoms. The molecular formula is C26H16BrCl2N3O5. The van der Waals surface area contributed by atoms with Gasteiger partial charge in [0.15, 0.2) is 17.6 Å². The number of furan rings is 1. The average Bonchev–Trinajstić information content (AvgIpc) is 3.28. The van der Waals surface area contributed by atoms with Gasteiger partial charge in [-0.25, -0.2) is 9.78 Å². The van der Waals surface area contributed by atoms with E-state index in [0.29, 0.717) is 37.3 Å². The summed E-state index contributed by atoms with van der Waals surface area (Å²) in [6.07, 6.45) is 0.332.